The lowest BCUT2D eigenvalue weighted by molar-refractivity contribution is 0.113. The van der Waals surface area contributed by atoms with Crippen molar-refractivity contribution in [3.8, 4) is 0 Å². The van der Waals surface area contributed by atoms with Crippen molar-refractivity contribution in [1.29, 1.82) is 0 Å². The first-order valence-corrected chi connectivity index (χ1v) is 11.3. The van der Waals surface area contributed by atoms with E-state index in [-0.39, 0.29) is 0 Å². The molecule has 148 valence electrons. The maximum atomic E-state index is 4.72. The van der Waals surface area contributed by atoms with E-state index in [2.05, 4.69) is 101 Å². The van der Waals surface area contributed by atoms with E-state index < -0.39 is 0 Å². The number of hydrogen-bond acceptors (Lipinski definition) is 4. The second-order valence-electron chi connectivity index (χ2n) is 7.23. The summed E-state index contributed by atoms with van der Waals surface area (Å²) < 4.78 is 0. The number of hydrazone groups is 1. The Labute approximate surface area is 178 Å². The monoisotopic (exact) mass is 401 g/mol. The Bertz CT molecular complexity index is 862. The normalized spacial score (nSPS) is 15.3. The first-order chi connectivity index (χ1) is 14.3. The van der Waals surface area contributed by atoms with Crippen LogP contribution < -0.4 is 0 Å². The molecular formula is C25H27N3S. The van der Waals surface area contributed by atoms with Crippen LogP contribution in [0.25, 0.3) is 0 Å². The molecule has 0 bridgehead atoms. The number of rotatable bonds is 6. The molecule has 0 radical (unpaired) electrons. The van der Waals surface area contributed by atoms with Crippen LogP contribution in [-0.4, -0.2) is 48.6 Å². The fraction of sp³-hybridized carbons (Fsp3) is 0.240. The standard InChI is InChI=1S/C25H27N3S/c1-29-24-14-12-21(13-15-24)20-26-28-18-16-27(17-19-28)25(22-8-4-2-5-9-22)23-10-6-3-7-11-23/h2-15,20,25H,16-19H2,1H3/b26-20-. The lowest BCUT2D eigenvalue weighted by atomic mass is 9.96. The number of hydrogen-bond donors (Lipinski definition) is 0. The second-order valence-corrected chi connectivity index (χ2v) is 8.11. The van der Waals surface area contributed by atoms with Gasteiger partial charge in [0.05, 0.1) is 12.3 Å². The fourth-order valence-electron chi connectivity index (χ4n) is 3.81. The summed E-state index contributed by atoms with van der Waals surface area (Å²) >= 11 is 1.76. The van der Waals surface area contributed by atoms with Crippen LogP contribution in [0.4, 0.5) is 0 Å². The Morgan fingerprint density at radius 1 is 0.759 bits per heavy atom. The maximum absolute atomic E-state index is 4.72. The Kier molecular flexibility index (Phi) is 6.65. The van der Waals surface area contributed by atoms with E-state index >= 15 is 0 Å². The maximum Gasteiger partial charge on any atom is 0.0603 e. The van der Waals surface area contributed by atoms with Gasteiger partial charge >= 0.3 is 0 Å². The van der Waals surface area contributed by atoms with E-state index in [9.17, 15) is 0 Å². The lowest BCUT2D eigenvalue weighted by Gasteiger charge is -2.38. The summed E-state index contributed by atoms with van der Waals surface area (Å²) in [6, 6.07) is 30.5. The van der Waals surface area contributed by atoms with Crippen molar-refractivity contribution in [3.63, 3.8) is 0 Å². The zero-order chi connectivity index (χ0) is 19.9. The summed E-state index contributed by atoms with van der Waals surface area (Å²) in [4.78, 5) is 3.85. The zero-order valence-corrected chi connectivity index (χ0v) is 17.6. The quantitative estimate of drug-likeness (QED) is 0.420. The average Bonchev–Trinajstić information content (AvgIpc) is 2.80. The van der Waals surface area contributed by atoms with Crippen molar-refractivity contribution < 1.29 is 0 Å². The molecule has 0 unspecified atom stereocenters. The van der Waals surface area contributed by atoms with E-state index in [4.69, 9.17) is 5.10 Å². The molecule has 0 amide bonds. The third kappa shape index (κ3) is 5.08. The summed E-state index contributed by atoms with van der Waals surface area (Å²) in [7, 11) is 0. The van der Waals surface area contributed by atoms with Gasteiger partial charge < -0.3 is 0 Å². The van der Waals surface area contributed by atoms with E-state index in [1.54, 1.807) is 11.8 Å². The van der Waals surface area contributed by atoms with Crippen molar-refractivity contribution in [3.05, 3.63) is 102 Å². The van der Waals surface area contributed by atoms with E-state index in [0.29, 0.717) is 6.04 Å². The summed E-state index contributed by atoms with van der Waals surface area (Å²) in [5, 5.41) is 6.91. The van der Waals surface area contributed by atoms with Gasteiger partial charge in [-0.25, -0.2) is 0 Å². The molecule has 0 aliphatic carbocycles. The number of piperazine rings is 1. The molecule has 1 aliphatic rings. The molecule has 3 aromatic rings. The van der Waals surface area contributed by atoms with Crippen molar-refractivity contribution in [2.75, 3.05) is 32.4 Å². The van der Waals surface area contributed by atoms with Crippen LogP contribution in [0.1, 0.15) is 22.7 Å². The summed E-state index contributed by atoms with van der Waals surface area (Å²) in [6.45, 7) is 3.87. The largest absolute Gasteiger partial charge is 0.294 e. The fourth-order valence-corrected chi connectivity index (χ4v) is 4.22. The molecule has 0 aromatic heterocycles. The highest BCUT2D eigenvalue weighted by Crippen LogP contribution is 2.29. The average molecular weight is 402 g/mol. The lowest BCUT2D eigenvalue weighted by Crippen LogP contribution is -2.45. The van der Waals surface area contributed by atoms with Crippen LogP contribution in [0.15, 0.2) is 94.9 Å². The number of nitrogens with zero attached hydrogens (tertiary/aromatic N) is 3. The van der Waals surface area contributed by atoms with Crippen LogP contribution in [0.3, 0.4) is 0 Å². The van der Waals surface area contributed by atoms with Crippen molar-refractivity contribution >= 4 is 18.0 Å². The first-order valence-electron chi connectivity index (χ1n) is 10.1. The molecule has 4 rings (SSSR count). The summed E-state index contributed by atoms with van der Waals surface area (Å²) in [5.74, 6) is 0. The number of benzene rings is 3. The molecule has 0 spiro atoms. The third-order valence-corrected chi connectivity index (χ3v) is 6.12. The molecule has 1 heterocycles. The van der Waals surface area contributed by atoms with Gasteiger partial charge in [-0.1, -0.05) is 72.8 Å². The molecule has 1 fully saturated rings. The van der Waals surface area contributed by atoms with E-state index in [0.717, 1.165) is 31.7 Å². The first kappa shape index (κ1) is 19.7. The topological polar surface area (TPSA) is 18.8 Å². The van der Waals surface area contributed by atoms with Crippen LogP contribution in [0.5, 0.6) is 0 Å². The molecule has 29 heavy (non-hydrogen) atoms. The summed E-state index contributed by atoms with van der Waals surface area (Å²) in [6.07, 6.45) is 4.08. The second kappa shape index (κ2) is 9.77. The molecule has 3 nitrogen and oxygen atoms in total. The molecule has 4 heteroatoms. The van der Waals surface area contributed by atoms with Gasteiger partial charge in [-0.05, 0) is 35.1 Å². The molecule has 1 aliphatic heterocycles. The zero-order valence-electron chi connectivity index (χ0n) is 16.8. The van der Waals surface area contributed by atoms with Gasteiger partial charge in [-0.3, -0.25) is 9.91 Å². The highest BCUT2D eigenvalue weighted by molar-refractivity contribution is 7.98. The van der Waals surface area contributed by atoms with Gasteiger partial charge in [0.1, 0.15) is 0 Å². The van der Waals surface area contributed by atoms with E-state index in [1.807, 2.05) is 6.21 Å². The van der Waals surface area contributed by atoms with Crippen molar-refractivity contribution in [2.45, 2.75) is 10.9 Å². The van der Waals surface area contributed by atoms with Gasteiger partial charge in [0.15, 0.2) is 0 Å². The predicted octanol–water partition coefficient (Wildman–Crippen LogP) is 5.15. The molecular weight excluding hydrogens is 374 g/mol. The van der Waals surface area contributed by atoms with Gasteiger partial charge in [0.2, 0.25) is 0 Å². The Morgan fingerprint density at radius 3 is 1.83 bits per heavy atom. The minimum absolute atomic E-state index is 0.294. The summed E-state index contributed by atoms with van der Waals surface area (Å²) in [5.41, 5.74) is 3.85. The molecule has 0 saturated carbocycles. The van der Waals surface area contributed by atoms with Gasteiger partial charge in [0, 0.05) is 31.1 Å². The minimum atomic E-state index is 0.294. The van der Waals surface area contributed by atoms with Crippen LogP contribution >= 0.6 is 11.8 Å². The molecule has 0 atom stereocenters. The van der Waals surface area contributed by atoms with Crippen LogP contribution in [0, 0.1) is 0 Å². The highest BCUT2D eigenvalue weighted by atomic mass is 32.2. The van der Waals surface area contributed by atoms with Gasteiger partial charge in [0.25, 0.3) is 0 Å². The SMILES string of the molecule is CSc1ccc(/C=N\N2CCN(C(c3ccccc3)c3ccccc3)CC2)cc1. The van der Waals surface area contributed by atoms with Gasteiger partial charge in [-0.2, -0.15) is 5.10 Å². The van der Waals surface area contributed by atoms with Gasteiger partial charge in [-0.15, -0.1) is 11.8 Å². The molecule has 3 aromatic carbocycles. The third-order valence-electron chi connectivity index (χ3n) is 5.37. The minimum Gasteiger partial charge on any atom is -0.294 e. The smallest absolute Gasteiger partial charge is 0.0603 e. The highest BCUT2D eigenvalue weighted by Gasteiger charge is 2.25. The van der Waals surface area contributed by atoms with Crippen molar-refractivity contribution in [1.82, 2.24) is 9.91 Å². The van der Waals surface area contributed by atoms with E-state index in [1.165, 1.54) is 16.0 Å². The van der Waals surface area contributed by atoms with Crippen molar-refractivity contribution in [2.24, 2.45) is 5.10 Å². The Hall–Kier alpha value is -2.56. The predicted molar refractivity (Wildman–Crippen MR) is 124 cm³/mol. The molecule has 1 saturated heterocycles. The van der Waals surface area contributed by atoms with Crippen LogP contribution in [-0.2, 0) is 0 Å². The van der Waals surface area contributed by atoms with Crippen LogP contribution in [0.2, 0.25) is 0 Å². The molecule has 0 N–H and O–H groups in total. The number of thioether (sulfide) groups is 1. The Balaban J connectivity index is 1.43. The Morgan fingerprint density at radius 2 is 1.31 bits per heavy atom.